The van der Waals surface area contributed by atoms with E-state index in [-0.39, 0.29) is 61.8 Å². The minimum Gasteiger partial charge on any atom is -1.00 e. The zero-order valence-corrected chi connectivity index (χ0v) is 21.4. The number of allylic oxidation sites excluding steroid dienone is 4. The third-order valence-corrected chi connectivity index (χ3v) is 5.23. The van der Waals surface area contributed by atoms with Gasteiger partial charge in [0.2, 0.25) is 0 Å². The van der Waals surface area contributed by atoms with E-state index in [4.69, 9.17) is 0 Å². The molecule has 1 aromatic rings. The first-order valence-corrected chi connectivity index (χ1v) is 10.8. The third kappa shape index (κ3) is 9.22. The van der Waals surface area contributed by atoms with Crippen molar-refractivity contribution in [2.24, 2.45) is 0 Å². The van der Waals surface area contributed by atoms with Crippen molar-refractivity contribution in [1.29, 1.82) is 0 Å². The Morgan fingerprint density at radius 1 is 1.00 bits per heavy atom. The molecule has 1 nitrogen and oxygen atoms in total. The fraction of sp³-hybridized carbons (Fsp3) is 0.579. The second-order valence-corrected chi connectivity index (χ2v) is 11.0. The number of aromatic nitrogens is 1. The van der Waals surface area contributed by atoms with Gasteiger partial charge in [-0.15, -0.1) is 24.4 Å². The quantitative estimate of drug-likeness (QED) is 0.411. The molecule has 0 amide bonds. The summed E-state index contributed by atoms with van der Waals surface area (Å²) in [5.74, 6) is 0. The Labute approximate surface area is 182 Å². The summed E-state index contributed by atoms with van der Waals surface area (Å²) < 4.78 is 0. The van der Waals surface area contributed by atoms with Gasteiger partial charge in [-0.3, -0.25) is 6.08 Å². The summed E-state index contributed by atoms with van der Waals surface area (Å²) in [6.45, 7) is 18.0. The largest absolute Gasteiger partial charge is 4.00 e. The molecule has 134 valence electrons. The Morgan fingerprint density at radius 3 is 1.79 bits per heavy atom. The van der Waals surface area contributed by atoms with Crippen LogP contribution in [0, 0.1) is 12.3 Å². The molecule has 1 aliphatic rings. The maximum absolute atomic E-state index is 3.32. The van der Waals surface area contributed by atoms with E-state index in [0.29, 0.717) is 0 Å². The van der Waals surface area contributed by atoms with E-state index in [0.717, 1.165) is 6.42 Å². The van der Waals surface area contributed by atoms with Crippen LogP contribution < -0.4 is 24.8 Å². The van der Waals surface area contributed by atoms with Gasteiger partial charge < -0.3 is 29.8 Å². The first-order chi connectivity index (χ1) is 9.53. The number of rotatable bonds is 1. The molecule has 1 aromatic heterocycles. The fourth-order valence-corrected chi connectivity index (χ4v) is 3.37. The number of aromatic amines is 1. The first kappa shape index (κ1) is 29.2. The zero-order chi connectivity index (χ0) is 16.3. The van der Waals surface area contributed by atoms with Crippen LogP contribution in [0.15, 0.2) is 23.5 Å². The number of H-pyrrole nitrogens is 1. The maximum Gasteiger partial charge on any atom is 4.00 e. The molecule has 0 radical (unpaired) electrons. The number of hydrogen-bond donors (Lipinski definition) is 1. The van der Waals surface area contributed by atoms with Crippen LogP contribution in [-0.2, 0) is 37.0 Å². The van der Waals surface area contributed by atoms with E-state index in [2.05, 4.69) is 90.2 Å². The Bertz CT molecular complexity index is 492. The van der Waals surface area contributed by atoms with Gasteiger partial charge in [0.15, 0.2) is 0 Å². The third-order valence-electron chi connectivity index (χ3n) is 3.58. The number of halogens is 2. The molecule has 1 heterocycles. The van der Waals surface area contributed by atoms with E-state index >= 15 is 0 Å². The Kier molecular flexibility index (Phi) is 14.5. The van der Waals surface area contributed by atoms with Gasteiger partial charge in [0.1, 0.15) is 0 Å². The normalized spacial score (nSPS) is 13.1. The van der Waals surface area contributed by atoms with Gasteiger partial charge in [-0.1, -0.05) is 60.1 Å². The summed E-state index contributed by atoms with van der Waals surface area (Å²) in [5, 5.41) is 1.50. The zero-order valence-electron chi connectivity index (χ0n) is 16.3. The fourth-order valence-electron chi connectivity index (χ4n) is 2.32. The molecule has 1 N–H and O–H groups in total. The molecule has 0 aliphatic heterocycles. The van der Waals surface area contributed by atoms with Crippen LogP contribution >= 0.6 is 0 Å². The van der Waals surface area contributed by atoms with Crippen molar-refractivity contribution in [1.82, 2.24) is 4.98 Å². The monoisotopic (exact) mass is 461 g/mol. The number of hydrogen-bond acceptors (Lipinski definition) is 0. The molecule has 24 heavy (non-hydrogen) atoms. The molecular weight excluding hydrogens is 432 g/mol. The average molecular weight is 464 g/mol. The summed E-state index contributed by atoms with van der Waals surface area (Å²) in [5.41, 5.74) is 3.07. The molecule has 0 saturated carbocycles. The predicted molar refractivity (Wildman–Crippen MR) is 96.4 cm³/mol. The van der Waals surface area contributed by atoms with Crippen LogP contribution in [0.3, 0.4) is 0 Å². The molecular formula is C19H31Cl2NSiZr. The van der Waals surface area contributed by atoms with Crippen molar-refractivity contribution in [3.05, 3.63) is 46.9 Å². The van der Waals surface area contributed by atoms with Crippen LogP contribution in [0.4, 0.5) is 0 Å². The Hall–Kier alpha value is 0.440. The average Bonchev–Trinajstić information content (AvgIpc) is 3.00. The van der Waals surface area contributed by atoms with Crippen LogP contribution in [-0.4, -0.2) is 13.8 Å². The van der Waals surface area contributed by atoms with Crippen LogP contribution in [0.1, 0.15) is 59.1 Å². The molecule has 5 heteroatoms. The summed E-state index contributed by atoms with van der Waals surface area (Å²) in [6.07, 6.45) is 14.1. The molecule has 0 saturated heterocycles. The first-order valence-electron chi connectivity index (χ1n) is 7.90. The van der Waals surface area contributed by atoms with Crippen molar-refractivity contribution in [3.8, 4) is 0 Å². The van der Waals surface area contributed by atoms with Crippen molar-refractivity contribution in [2.45, 2.75) is 71.9 Å². The molecule has 0 bridgehead atoms. The minimum absolute atomic E-state index is 0. The molecule has 0 spiro atoms. The van der Waals surface area contributed by atoms with Crippen molar-refractivity contribution >= 4 is 8.80 Å². The van der Waals surface area contributed by atoms with Gasteiger partial charge in [-0.05, 0) is 5.41 Å². The van der Waals surface area contributed by atoms with Crippen molar-refractivity contribution < 1.29 is 51.0 Å². The van der Waals surface area contributed by atoms with E-state index in [9.17, 15) is 0 Å². The van der Waals surface area contributed by atoms with Gasteiger partial charge in [-0.25, -0.2) is 11.3 Å². The Balaban J connectivity index is -0.000000353. The van der Waals surface area contributed by atoms with Gasteiger partial charge in [0.25, 0.3) is 0 Å². The topological polar surface area (TPSA) is 15.8 Å². The maximum atomic E-state index is 3.32. The smallest absolute Gasteiger partial charge is 1.00 e. The molecule has 2 rings (SSSR count). The van der Waals surface area contributed by atoms with Gasteiger partial charge >= 0.3 is 26.2 Å². The van der Waals surface area contributed by atoms with Gasteiger partial charge in [0, 0.05) is 8.80 Å². The van der Waals surface area contributed by atoms with E-state index in [1.165, 1.54) is 16.3 Å². The van der Waals surface area contributed by atoms with Crippen LogP contribution in [0.2, 0.25) is 13.1 Å². The van der Waals surface area contributed by atoms with E-state index in [1.54, 1.807) is 0 Å². The van der Waals surface area contributed by atoms with Gasteiger partial charge in [0.05, 0.1) is 0 Å². The van der Waals surface area contributed by atoms with Gasteiger partial charge in [-0.2, -0.15) is 11.6 Å². The molecule has 1 aliphatic carbocycles. The van der Waals surface area contributed by atoms with Crippen molar-refractivity contribution in [3.63, 3.8) is 0 Å². The molecule has 0 atom stereocenters. The molecule has 0 fully saturated rings. The number of nitrogens with one attached hydrogen (secondary N) is 1. The second kappa shape index (κ2) is 11.9. The predicted octanol–water partition coefficient (Wildman–Crippen LogP) is -0.883. The summed E-state index contributed by atoms with van der Waals surface area (Å²) >= 11 is 0. The second-order valence-electron chi connectivity index (χ2n) is 8.10. The summed E-state index contributed by atoms with van der Waals surface area (Å²) in [4.78, 5) is 3.09. The molecule has 0 unspecified atom stereocenters. The summed E-state index contributed by atoms with van der Waals surface area (Å²) in [7, 11) is -0.504. The van der Waals surface area contributed by atoms with Crippen LogP contribution in [0.5, 0.6) is 0 Å². The van der Waals surface area contributed by atoms with E-state index in [1.807, 2.05) is 0 Å². The Morgan fingerprint density at radius 2 is 1.54 bits per heavy atom. The minimum atomic E-state index is -0.504. The van der Waals surface area contributed by atoms with Crippen molar-refractivity contribution in [2.75, 3.05) is 0 Å². The molecule has 0 aromatic carbocycles. The van der Waals surface area contributed by atoms with E-state index < -0.39 is 8.80 Å². The van der Waals surface area contributed by atoms with Crippen LogP contribution in [0.25, 0.3) is 0 Å². The SMILES string of the molecule is CC(C)(C)c1[c-][nH]cc1C(C)(C)C.C[SiH](C)C1=[C-]CC=C1.[Cl-].[Cl-].[Zr+4]. The summed E-state index contributed by atoms with van der Waals surface area (Å²) in [6, 6.07) is 0. The standard InChI is InChI=1S/C12H20N.C7H11Si.2ClH.Zr/c1-11(2,3)9-7-13-8-10(9)12(4,5)6;1-8(2)7-5-3-4-6-7;;;/h7,13H,1-6H3;3,5,8H,4H2,1-2H3;2*1H;/q2*-1;;;+4/p-2.